The monoisotopic (exact) mass is 292 g/mol. The molecule has 112 valence electrons. The molecule has 0 radical (unpaired) electrons. The first-order valence-electron chi connectivity index (χ1n) is 6.17. The van der Waals surface area contributed by atoms with Crippen molar-refractivity contribution in [2.24, 2.45) is 0 Å². The molecule has 0 fully saturated rings. The van der Waals surface area contributed by atoms with Gasteiger partial charge in [0.15, 0.2) is 0 Å². The number of hydrogen-bond donors (Lipinski definition) is 2. The van der Waals surface area contributed by atoms with Gasteiger partial charge in [0.05, 0.1) is 7.11 Å². The fourth-order valence-corrected chi connectivity index (χ4v) is 1.35. The Morgan fingerprint density at radius 1 is 1.14 bits per heavy atom. The van der Waals surface area contributed by atoms with Crippen molar-refractivity contribution in [2.45, 2.75) is 26.3 Å². The molecule has 9 heteroatoms. The van der Waals surface area contributed by atoms with Crippen molar-refractivity contribution in [3.63, 3.8) is 0 Å². The highest BCUT2D eigenvalue weighted by atomic mass is 16.5. The minimum Gasteiger partial charge on any atom is -0.467 e. The lowest BCUT2D eigenvalue weighted by molar-refractivity contribution is 0.355. The molecule has 2 aromatic heterocycles. The second-order valence-electron chi connectivity index (χ2n) is 5.16. The predicted octanol–water partition coefficient (Wildman–Crippen LogP) is 0.966. The van der Waals surface area contributed by atoms with Crippen LogP contribution in [0.2, 0.25) is 0 Å². The second-order valence-corrected chi connectivity index (χ2v) is 5.16. The van der Waals surface area contributed by atoms with E-state index >= 15 is 0 Å². The zero-order valence-electron chi connectivity index (χ0n) is 12.2. The van der Waals surface area contributed by atoms with Crippen LogP contribution in [0, 0.1) is 0 Å². The summed E-state index contributed by atoms with van der Waals surface area (Å²) in [4.78, 5) is 23.1. The smallest absolute Gasteiger partial charge is 0.331 e. The first-order valence-corrected chi connectivity index (χ1v) is 6.17. The third-order valence-electron chi connectivity index (χ3n) is 2.11. The molecule has 2 aromatic rings. The Morgan fingerprint density at radius 3 is 2.43 bits per heavy atom. The van der Waals surface area contributed by atoms with E-state index in [0.717, 1.165) is 0 Å². The summed E-state index contributed by atoms with van der Waals surface area (Å²) >= 11 is 0. The quantitative estimate of drug-likeness (QED) is 0.856. The van der Waals surface area contributed by atoms with Gasteiger partial charge in [-0.05, 0) is 20.8 Å². The number of methoxy groups -OCH3 is 1. The number of rotatable bonds is 4. The molecule has 9 nitrogen and oxygen atoms in total. The van der Waals surface area contributed by atoms with Crippen molar-refractivity contribution in [1.29, 1.82) is 0 Å². The standard InChI is InChI=1S/C12H16N6O3/c1-12(2,3)16-9-13-10(20-4)15-11(14-9)21-8-6-5-7(19)17-18-8/h5-6H,1-4H3,(H,17,19)(H,13,14,15,16). The fourth-order valence-electron chi connectivity index (χ4n) is 1.35. The van der Waals surface area contributed by atoms with Crippen molar-refractivity contribution in [3.05, 3.63) is 22.5 Å². The Balaban J connectivity index is 2.27. The van der Waals surface area contributed by atoms with Crippen LogP contribution in [-0.4, -0.2) is 37.8 Å². The molecule has 2 heterocycles. The molecule has 0 unspecified atom stereocenters. The molecule has 0 saturated heterocycles. The van der Waals surface area contributed by atoms with Gasteiger partial charge < -0.3 is 14.8 Å². The number of nitrogens with one attached hydrogen (secondary N) is 2. The van der Waals surface area contributed by atoms with E-state index in [2.05, 4.69) is 30.5 Å². The van der Waals surface area contributed by atoms with Crippen molar-refractivity contribution in [1.82, 2.24) is 25.1 Å². The fraction of sp³-hybridized carbons (Fsp3) is 0.417. The minimum atomic E-state index is -0.328. The molecule has 0 saturated carbocycles. The summed E-state index contributed by atoms with van der Waals surface area (Å²) in [6.07, 6.45) is 0. The molecule has 0 aromatic carbocycles. The zero-order valence-corrected chi connectivity index (χ0v) is 12.2. The highest BCUT2D eigenvalue weighted by Crippen LogP contribution is 2.19. The maximum Gasteiger partial charge on any atom is 0.331 e. The topological polar surface area (TPSA) is 115 Å². The van der Waals surface area contributed by atoms with Crippen LogP contribution in [0.1, 0.15) is 20.8 Å². The molecule has 2 N–H and O–H groups in total. The van der Waals surface area contributed by atoms with Crippen LogP contribution < -0.4 is 20.3 Å². The number of hydrogen-bond acceptors (Lipinski definition) is 8. The van der Waals surface area contributed by atoms with Gasteiger partial charge in [-0.15, -0.1) is 10.1 Å². The molecule has 21 heavy (non-hydrogen) atoms. The van der Waals surface area contributed by atoms with Gasteiger partial charge >= 0.3 is 12.0 Å². The Bertz CT molecular complexity index is 659. The van der Waals surface area contributed by atoms with Crippen LogP contribution in [0.5, 0.6) is 17.9 Å². The van der Waals surface area contributed by atoms with Gasteiger partial charge in [-0.1, -0.05) is 0 Å². The van der Waals surface area contributed by atoms with Crippen LogP contribution in [-0.2, 0) is 0 Å². The summed E-state index contributed by atoms with van der Waals surface area (Å²) in [5, 5.41) is 9.06. The van der Waals surface area contributed by atoms with Gasteiger partial charge in [0.25, 0.3) is 5.56 Å². The Morgan fingerprint density at radius 2 is 1.86 bits per heavy atom. The predicted molar refractivity (Wildman–Crippen MR) is 74.7 cm³/mol. The highest BCUT2D eigenvalue weighted by Gasteiger charge is 2.15. The van der Waals surface area contributed by atoms with Crippen molar-refractivity contribution in [3.8, 4) is 17.9 Å². The first-order chi connectivity index (χ1) is 9.85. The van der Waals surface area contributed by atoms with E-state index in [4.69, 9.17) is 9.47 Å². The van der Waals surface area contributed by atoms with Crippen LogP contribution in [0.15, 0.2) is 16.9 Å². The third kappa shape index (κ3) is 4.41. The summed E-state index contributed by atoms with van der Waals surface area (Å²) in [6.45, 7) is 5.90. The van der Waals surface area contributed by atoms with Gasteiger partial charge in [0, 0.05) is 17.7 Å². The summed E-state index contributed by atoms with van der Waals surface area (Å²) in [5.74, 6) is 0.471. The van der Waals surface area contributed by atoms with Crippen LogP contribution in [0.25, 0.3) is 0 Å². The Labute approximate surface area is 120 Å². The summed E-state index contributed by atoms with van der Waals surface area (Å²) < 4.78 is 10.4. The average molecular weight is 292 g/mol. The Kier molecular flexibility index (Phi) is 4.01. The minimum absolute atomic E-state index is 0.00755. The van der Waals surface area contributed by atoms with Gasteiger partial charge in [0.1, 0.15) is 0 Å². The summed E-state index contributed by atoms with van der Waals surface area (Å²) in [6, 6.07) is 2.81. The number of ether oxygens (including phenoxy) is 2. The van der Waals surface area contributed by atoms with E-state index in [1.165, 1.54) is 19.2 Å². The number of anilines is 1. The molecule has 0 aliphatic rings. The van der Waals surface area contributed by atoms with Gasteiger partial charge in [0.2, 0.25) is 11.8 Å². The SMILES string of the molecule is COc1nc(NC(C)(C)C)nc(Oc2ccc(=O)[nH]n2)n1. The van der Waals surface area contributed by atoms with Gasteiger partial charge in [-0.2, -0.15) is 9.97 Å². The van der Waals surface area contributed by atoms with Crippen LogP contribution in [0.3, 0.4) is 0 Å². The summed E-state index contributed by atoms with van der Waals surface area (Å²) in [5.41, 5.74) is -0.564. The zero-order chi connectivity index (χ0) is 15.5. The van der Waals surface area contributed by atoms with E-state index < -0.39 is 0 Å². The normalized spacial score (nSPS) is 11.0. The van der Waals surface area contributed by atoms with E-state index in [1.807, 2.05) is 20.8 Å². The number of H-pyrrole nitrogens is 1. The maximum atomic E-state index is 10.9. The molecule has 0 aliphatic carbocycles. The van der Waals surface area contributed by atoms with E-state index in [0.29, 0.717) is 5.95 Å². The van der Waals surface area contributed by atoms with E-state index in [-0.39, 0.29) is 29.0 Å². The number of aromatic amines is 1. The highest BCUT2D eigenvalue weighted by molar-refractivity contribution is 5.31. The molecule has 0 atom stereocenters. The average Bonchev–Trinajstić information content (AvgIpc) is 2.39. The van der Waals surface area contributed by atoms with Crippen molar-refractivity contribution < 1.29 is 9.47 Å². The molecule has 0 bridgehead atoms. The van der Waals surface area contributed by atoms with Crippen molar-refractivity contribution in [2.75, 3.05) is 12.4 Å². The lowest BCUT2D eigenvalue weighted by Crippen LogP contribution is -2.27. The second kappa shape index (κ2) is 5.73. The van der Waals surface area contributed by atoms with Gasteiger partial charge in [-0.3, -0.25) is 4.79 Å². The van der Waals surface area contributed by atoms with Crippen LogP contribution >= 0.6 is 0 Å². The summed E-state index contributed by atoms with van der Waals surface area (Å²) in [7, 11) is 1.44. The molecule has 2 rings (SSSR count). The lowest BCUT2D eigenvalue weighted by Gasteiger charge is -2.20. The molecule has 0 aliphatic heterocycles. The molecule has 0 amide bonds. The van der Waals surface area contributed by atoms with Crippen molar-refractivity contribution >= 4 is 5.95 Å². The Hall–Kier alpha value is -2.71. The first kappa shape index (κ1) is 14.7. The van der Waals surface area contributed by atoms with Gasteiger partial charge in [-0.25, -0.2) is 5.10 Å². The lowest BCUT2D eigenvalue weighted by atomic mass is 10.1. The van der Waals surface area contributed by atoms with E-state index in [9.17, 15) is 4.79 Å². The third-order valence-corrected chi connectivity index (χ3v) is 2.11. The molecular formula is C12H16N6O3. The largest absolute Gasteiger partial charge is 0.467 e. The molecular weight excluding hydrogens is 276 g/mol. The molecule has 0 spiro atoms. The maximum absolute atomic E-state index is 10.9. The number of aromatic nitrogens is 5. The van der Waals surface area contributed by atoms with Crippen LogP contribution in [0.4, 0.5) is 5.95 Å². The number of nitrogens with zero attached hydrogens (tertiary/aromatic N) is 4. The van der Waals surface area contributed by atoms with E-state index in [1.54, 1.807) is 0 Å².